The maximum absolute atomic E-state index is 13.0. The van der Waals surface area contributed by atoms with Crippen molar-refractivity contribution in [2.24, 2.45) is 5.41 Å². The molecular weight excluding hydrogens is 354 g/mol. The van der Waals surface area contributed by atoms with Crippen LogP contribution in [0.3, 0.4) is 0 Å². The minimum Gasteiger partial charge on any atom is -0.317 e. The second-order valence-corrected chi connectivity index (χ2v) is 8.39. The summed E-state index contributed by atoms with van der Waals surface area (Å²) in [6, 6.07) is 4.39. The molecule has 0 saturated carbocycles. The van der Waals surface area contributed by atoms with Crippen LogP contribution in [0.2, 0.25) is 0 Å². The molecule has 0 aromatic heterocycles. The number of nitrogens with zero attached hydrogens (tertiary/aromatic N) is 2. The van der Waals surface area contributed by atoms with Crippen molar-refractivity contribution in [2.75, 3.05) is 26.2 Å². The van der Waals surface area contributed by atoms with Gasteiger partial charge in [-0.1, -0.05) is 12.1 Å². The summed E-state index contributed by atoms with van der Waals surface area (Å²) in [6.07, 6.45) is 2.73. The molecule has 1 spiro atoms. The van der Waals surface area contributed by atoms with Gasteiger partial charge in [-0.15, -0.1) is 12.4 Å². The topological polar surface area (TPSA) is 92.5 Å². The smallest absolute Gasteiger partial charge is 0.289 e. The van der Waals surface area contributed by atoms with E-state index in [4.69, 9.17) is 0 Å². The first-order chi connectivity index (χ1) is 10.9. The molecule has 2 fully saturated rings. The van der Waals surface area contributed by atoms with Crippen molar-refractivity contribution in [3.05, 3.63) is 33.9 Å². The molecule has 134 valence electrons. The molecule has 2 aliphatic heterocycles. The number of nitro benzene ring substituents is 1. The Bertz CT molecular complexity index is 732. The number of aryl methyl sites for hydroxylation is 1. The summed E-state index contributed by atoms with van der Waals surface area (Å²) in [6.45, 7) is 4.31. The van der Waals surface area contributed by atoms with Gasteiger partial charge in [0.15, 0.2) is 4.90 Å². The van der Waals surface area contributed by atoms with Gasteiger partial charge in [-0.05, 0) is 50.3 Å². The van der Waals surface area contributed by atoms with Gasteiger partial charge in [0.05, 0.1) is 4.92 Å². The van der Waals surface area contributed by atoms with Gasteiger partial charge in [-0.2, -0.15) is 4.31 Å². The van der Waals surface area contributed by atoms with Crippen molar-refractivity contribution < 1.29 is 13.3 Å². The van der Waals surface area contributed by atoms with Crippen LogP contribution < -0.4 is 5.32 Å². The Hall–Kier alpha value is -1.22. The fourth-order valence-electron chi connectivity index (χ4n) is 3.71. The lowest BCUT2D eigenvalue weighted by Gasteiger charge is -2.33. The second kappa shape index (κ2) is 6.95. The fraction of sp³-hybridized carbons (Fsp3) is 0.600. The van der Waals surface area contributed by atoms with Gasteiger partial charge in [0.25, 0.3) is 5.69 Å². The average molecular weight is 376 g/mol. The Morgan fingerprint density at radius 3 is 2.54 bits per heavy atom. The number of rotatable bonds is 3. The molecule has 9 heteroatoms. The Balaban J connectivity index is 0.00000208. The standard InChI is InChI=1S/C15H21N3O4S.ClH/c1-12-3-2-4-13(18(19)20)14(12)23(21,22)17-10-7-15(11-17)5-8-16-9-6-15;/h2-4,16H,5-11H2,1H3;1H. The third-order valence-corrected chi connectivity index (χ3v) is 7.09. The molecule has 0 atom stereocenters. The van der Waals surface area contributed by atoms with Crippen LogP contribution >= 0.6 is 12.4 Å². The fourth-order valence-corrected chi connectivity index (χ4v) is 5.63. The quantitative estimate of drug-likeness (QED) is 0.645. The van der Waals surface area contributed by atoms with Crippen molar-refractivity contribution in [3.63, 3.8) is 0 Å². The zero-order valence-electron chi connectivity index (χ0n) is 13.5. The zero-order valence-corrected chi connectivity index (χ0v) is 15.2. The number of nitrogens with one attached hydrogen (secondary N) is 1. The number of piperidine rings is 1. The lowest BCUT2D eigenvalue weighted by Crippen LogP contribution is -2.39. The lowest BCUT2D eigenvalue weighted by atomic mass is 9.78. The van der Waals surface area contributed by atoms with E-state index in [1.807, 2.05) is 0 Å². The Morgan fingerprint density at radius 1 is 1.25 bits per heavy atom. The highest BCUT2D eigenvalue weighted by molar-refractivity contribution is 7.89. The van der Waals surface area contributed by atoms with Crippen LogP contribution in [0.25, 0.3) is 0 Å². The summed E-state index contributed by atoms with van der Waals surface area (Å²) >= 11 is 0. The molecule has 2 saturated heterocycles. The van der Waals surface area contributed by atoms with E-state index in [9.17, 15) is 18.5 Å². The first kappa shape index (κ1) is 19.1. The van der Waals surface area contributed by atoms with Gasteiger partial charge in [0, 0.05) is 19.2 Å². The molecule has 3 rings (SSSR count). The van der Waals surface area contributed by atoms with E-state index in [0.717, 1.165) is 32.4 Å². The van der Waals surface area contributed by atoms with E-state index in [1.165, 1.54) is 16.4 Å². The zero-order chi connectivity index (χ0) is 16.7. The molecule has 0 amide bonds. The predicted molar refractivity (Wildman–Crippen MR) is 93.0 cm³/mol. The minimum absolute atomic E-state index is 0. The summed E-state index contributed by atoms with van der Waals surface area (Å²) in [4.78, 5) is 10.5. The molecule has 2 heterocycles. The highest BCUT2D eigenvalue weighted by Gasteiger charge is 2.45. The largest absolute Gasteiger partial charge is 0.317 e. The first-order valence-corrected chi connectivity index (χ1v) is 9.25. The van der Waals surface area contributed by atoms with Crippen LogP contribution in [0.5, 0.6) is 0 Å². The van der Waals surface area contributed by atoms with Crippen molar-refractivity contribution in [1.29, 1.82) is 0 Å². The molecule has 0 unspecified atom stereocenters. The van der Waals surface area contributed by atoms with Crippen molar-refractivity contribution in [1.82, 2.24) is 9.62 Å². The minimum atomic E-state index is -3.85. The van der Waals surface area contributed by atoms with E-state index in [0.29, 0.717) is 18.7 Å². The number of nitro groups is 1. The molecule has 2 aliphatic rings. The summed E-state index contributed by atoms with van der Waals surface area (Å²) in [5.74, 6) is 0. The monoisotopic (exact) mass is 375 g/mol. The van der Waals surface area contributed by atoms with E-state index < -0.39 is 14.9 Å². The maximum atomic E-state index is 13.0. The SMILES string of the molecule is Cc1cccc([N+](=O)[O-])c1S(=O)(=O)N1CCC2(CCNCC2)C1.Cl. The lowest BCUT2D eigenvalue weighted by molar-refractivity contribution is -0.387. The summed E-state index contributed by atoms with van der Waals surface area (Å²) in [5.41, 5.74) is 0.109. The summed E-state index contributed by atoms with van der Waals surface area (Å²) in [7, 11) is -3.85. The molecule has 24 heavy (non-hydrogen) atoms. The van der Waals surface area contributed by atoms with Crippen LogP contribution in [0, 0.1) is 22.5 Å². The molecule has 1 aromatic carbocycles. The molecule has 7 nitrogen and oxygen atoms in total. The van der Waals surface area contributed by atoms with Gasteiger partial charge in [0.2, 0.25) is 10.0 Å². The van der Waals surface area contributed by atoms with E-state index >= 15 is 0 Å². The average Bonchev–Trinajstić information content (AvgIpc) is 2.92. The summed E-state index contributed by atoms with van der Waals surface area (Å²) < 4.78 is 27.5. The highest BCUT2D eigenvalue weighted by atomic mass is 35.5. The number of sulfonamides is 1. The Morgan fingerprint density at radius 2 is 1.92 bits per heavy atom. The van der Waals surface area contributed by atoms with Crippen LogP contribution in [0.4, 0.5) is 5.69 Å². The van der Waals surface area contributed by atoms with E-state index in [1.54, 1.807) is 13.0 Å². The third kappa shape index (κ3) is 3.28. The number of hydrogen-bond acceptors (Lipinski definition) is 5. The Labute approximate surface area is 148 Å². The van der Waals surface area contributed by atoms with Crippen LogP contribution in [0.15, 0.2) is 23.1 Å². The van der Waals surface area contributed by atoms with Crippen LogP contribution in [0.1, 0.15) is 24.8 Å². The number of hydrogen-bond donors (Lipinski definition) is 1. The highest BCUT2D eigenvalue weighted by Crippen LogP contribution is 2.42. The Kier molecular flexibility index (Phi) is 5.54. The maximum Gasteiger partial charge on any atom is 0.289 e. The van der Waals surface area contributed by atoms with Gasteiger partial charge in [-0.25, -0.2) is 8.42 Å². The predicted octanol–water partition coefficient (Wildman–Crippen LogP) is 2.09. The van der Waals surface area contributed by atoms with Gasteiger partial charge < -0.3 is 5.32 Å². The second-order valence-electron chi connectivity index (χ2n) is 6.52. The van der Waals surface area contributed by atoms with Gasteiger partial charge >= 0.3 is 0 Å². The van der Waals surface area contributed by atoms with Crippen LogP contribution in [-0.2, 0) is 10.0 Å². The van der Waals surface area contributed by atoms with E-state index in [-0.39, 0.29) is 28.4 Å². The van der Waals surface area contributed by atoms with Crippen molar-refractivity contribution >= 4 is 28.1 Å². The van der Waals surface area contributed by atoms with Gasteiger partial charge in [-0.3, -0.25) is 10.1 Å². The molecule has 1 aromatic rings. The molecular formula is C15H22ClN3O4S. The van der Waals surface area contributed by atoms with E-state index in [2.05, 4.69) is 5.32 Å². The first-order valence-electron chi connectivity index (χ1n) is 7.81. The molecule has 1 N–H and O–H groups in total. The molecule has 0 bridgehead atoms. The number of benzene rings is 1. The molecule has 0 aliphatic carbocycles. The van der Waals surface area contributed by atoms with Crippen molar-refractivity contribution in [2.45, 2.75) is 31.1 Å². The third-order valence-electron chi connectivity index (χ3n) is 5.05. The normalized spacial score (nSPS) is 20.7. The summed E-state index contributed by atoms with van der Waals surface area (Å²) in [5, 5.41) is 14.5. The number of halogens is 1. The van der Waals surface area contributed by atoms with Crippen LogP contribution in [-0.4, -0.2) is 43.8 Å². The van der Waals surface area contributed by atoms with Gasteiger partial charge in [0.1, 0.15) is 0 Å². The molecule has 0 radical (unpaired) electrons. The van der Waals surface area contributed by atoms with Crippen molar-refractivity contribution in [3.8, 4) is 0 Å².